The minimum absolute atomic E-state index is 0.181. The van der Waals surface area contributed by atoms with Gasteiger partial charge in [0.1, 0.15) is 17.0 Å². The van der Waals surface area contributed by atoms with Crippen molar-refractivity contribution in [2.24, 2.45) is 0 Å². The van der Waals surface area contributed by atoms with Crippen molar-refractivity contribution >= 4 is 21.8 Å². The molecule has 8 heteroatoms. The summed E-state index contributed by atoms with van der Waals surface area (Å²) in [6, 6.07) is 4.69. The third kappa shape index (κ3) is 2.31. The molecule has 1 aromatic heterocycles. The molecule has 6 nitrogen and oxygen atoms in total. The van der Waals surface area contributed by atoms with Gasteiger partial charge < -0.3 is 4.90 Å². The number of anilines is 1. The van der Waals surface area contributed by atoms with E-state index >= 15 is 0 Å². The summed E-state index contributed by atoms with van der Waals surface area (Å²) in [5, 5.41) is 7.24. The predicted molar refractivity (Wildman–Crippen MR) is 59.7 cm³/mol. The summed E-state index contributed by atoms with van der Waals surface area (Å²) in [7, 11) is -4.72. The van der Waals surface area contributed by atoms with Crippen molar-refractivity contribution in [3.05, 3.63) is 24.0 Å². The molecule has 0 radical (unpaired) electrons. The standard InChI is InChI=1S/C10H8FN3O3S/c11-18(16,17)9-3-10(15)14(6-9)8-2-1-7(4-12)13-5-8/h1-2,5,9H,3,6H2. The predicted octanol–water partition coefficient (Wildman–Crippen LogP) is 0.358. The SMILES string of the molecule is N#Cc1ccc(N2CC(S(=O)(=O)F)CC2=O)cn1. The largest absolute Gasteiger partial charge is 0.309 e. The minimum atomic E-state index is -4.72. The van der Waals surface area contributed by atoms with Gasteiger partial charge >= 0.3 is 10.2 Å². The normalized spacial score (nSPS) is 19.9. The minimum Gasteiger partial charge on any atom is -0.309 e. The molecule has 1 aromatic rings. The van der Waals surface area contributed by atoms with E-state index in [4.69, 9.17) is 5.26 Å². The van der Waals surface area contributed by atoms with Crippen LogP contribution >= 0.6 is 0 Å². The molecular weight excluding hydrogens is 261 g/mol. The van der Waals surface area contributed by atoms with E-state index in [9.17, 15) is 17.1 Å². The molecule has 0 aliphatic carbocycles. The zero-order valence-corrected chi connectivity index (χ0v) is 9.89. The Balaban J connectivity index is 2.25. The summed E-state index contributed by atoms with van der Waals surface area (Å²) < 4.78 is 34.3. The van der Waals surface area contributed by atoms with Gasteiger partial charge in [-0.2, -0.15) is 13.7 Å². The zero-order valence-electron chi connectivity index (χ0n) is 9.08. The lowest BCUT2D eigenvalue weighted by atomic mass is 10.3. The van der Waals surface area contributed by atoms with Crippen LogP contribution in [0.15, 0.2) is 18.3 Å². The summed E-state index contributed by atoms with van der Waals surface area (Å²) in [6.45, 7) is -0.231. The van der Waals surface area contributed by atoms with Gasteiger partial charge in [0, 0.05) is 13.0 Å². The molecule has 0 saturated carbocycles. The first-order valence-corrected chi connectivity index (χ1v) is 6.46. The highest BCUT2D eigenvalue weighted by Gasteiger charge is 2.39. The fourth-order valence-corrected chi connectivity index (χ4v) is 2.39. The van der Waals surface area contributed by atoms with E-state index in [1.165, 1.54) is 18.3 Å². The van der Waals surface area contributed by atoms with Crippen molar-refractivity contribution < 1.29 is 17.1 Å². The maximum Gasteiger partial charge on any atom is 0.307 e. The van der Waals surface area contributed by atoms with Crippen LogP contribution in [-0.4, -0.2) is 31.1 Å². The number of rotatable bonds is 2. The van der Waals surface area contributed by atoms with Gasteiger partial charge in [-0.25, -0.2) is 4.98 Å². The van der Waals surface area contributed by atoms with E-state index in [1.54, 1.807) is 0 Å². The molecule has 1 aliphatic rings. The summed E-state index contributed by atoms with van der Waals surface area (Å²) in [5.41, 5.74) is 0.533. The molecule has 0 aromatic carbocycles. The number of nitrogens with zero attached hydrogens (tertiary/aromatic N) is 3. The average Bonchev–Trinajstić information content (AvgIpc) is 2.71. The highest BCUT2D eigenvalue weighted by Crippen LogP contribution is 2.25. The summed E-state index contributed by atoms with van der Waals surface area (Å²) in [4.78, 5) is 16.5. The Labute approximate surface area is 103 Å². The van der Waals surface area contributed by atoms with E-state index in [1.807, 2.05) is 6.07 Å². The van der Waals surface area contributed by atoms with Crippen LogP contribution in [0.1, 0.15) is 12.1 Å². The van der Waals surface area contributed by atoms with Crippen molar-refractivity contribution in [3.63, 3.8) is 0 Å². The first kappa shape index (κ1) is 12.4. The molecule has 1 fully saturated rings. The van der Waals surface area contributed by atoms with Crippen LogP contribution in [0.25, 0.3) is 0 Å². The third-order valence-electron chi connectivity index (χ3n) is 2.66. The Morgan fingerprint density at radius 2 is 2.22 bits per heavy atom. The third-order valence-corrected chi connectivity index (χ3v) is 3.77. The topological polar surface area (TPSA) is 91.1 Å². The van der Waals surface area contributed by atoms with Crippen molar-refractivity contribution in [3.8, 4) is 6.07 Å². The number of nitriles is 1. The van der Waals surface area contributed by atoms with Crippen LogP contribution in [0.2, 0.25) is 0 Å². The molecule has 94 valence electrons. The van der Waals surface area contributed by atoms with Gasteiger partial charge in [0.2, 0.25) is 5.91 Å². The smallest absolute Gasteiger partial charge is 0.307 e. The molecule has 0 spiro atoms. The van der Waals surface area contributed by atoms with Crippen LogP contribution in [0.5, 0.6) is 0 Å². The number of carbonyl (C=O) groups excluding carboxylic acids is 1. The molecule has 1 amide bonds. The highest BCUT2D eigenvalue weighted by molar-refractivity contribution is 7.87. The number of pyridine rings is 1. The number of halogens is 1. The van der Waals surface area contributed by atoms with Crippen molar-refractivity contribution in [1.82, 2.24) is 4.98 Å². The first-order chi connectivity index (χ1) is 8.41. The molecule has 1 aliphatic heterocycles. The number of aromatic nitrogens is 1. The van der Waals surface area contributed by atoms with Crippen molar-refractivity contribution in [2.45, 2.75) is 11.7 Å². The lowest BCUT2D eigenvalue weighted by Gasteiger charge is -2.15. The van der Waals surface area contributed by atoms with Gasteiger partial charge in [0.25, 0.3) is 0 Å². The Bertz CT molecular complexity index is 621. The monoisotopic (exact) mass is 269 g/mol. The van der Waals surface area contributed by atoms with Crippen molar-refractivity contribution in [1.29, 1.82) is 5.26 Å². The molecule has 1 atom stereocenters. The average molecular weight is 269 g/mol. The van der Waals surface area contributed by atoms with Gasteiger partial charge in [-0.05, 0) is 12.1 Å². The summed E-state index contributed by atoms with van der Waals surface area (Å²) >= 11 is 0. The second kappa shape index (κ2) is 4.34. The molecule has 2 heterocycles. The lowest BCUT2D eigenvalue weighted by Crippen LogP contribution is -2.27. The van der Waals surface area contributed by atoms with E-state index in [2.05, 4.69) is 4.98 Å². The van der Waals surface area contributed by atoms with Gasteiger partial charge in [-0.15, -0.1) is 3.89 Å². The second-order valence-corrected chi connectivity index (χ2v) is 5.44. The van der Waals surface area contributed by atoms with E-state index in [0.717, 1.165) is 4.90 Å². The Kier molecular flexibility index (Phi) is 3.00. The van der Waals surface area contributed by atoms with Crippen LogP contribution in [0.3, 0.4) is 0 Å². The van der Waals surface area contributed by atoms with E-state index < -0.39 is 21.4 Å². The molecule has 0 N–H and O–H groups in total. The molecule has 1 unspecified atom stereocenters. The van der Waals surface area contributed by atoms with Gasteiger partial charge in [-0.3, -0.25) is 4.79 Å². The van der Waals surface area contributed by atoms with Crippen molar-refractivity contribution in [2.75, 3.05) is 11.4 Å². The quantitative estimate of drug-likeness (QED) is 0.723. The van der Waals surface area contributed by atoms with Gasteiger partial charge in [0.15, 0.2) is 0 Å². The number of hydrogen-bond donors (Lipinski definition) is 0. The Morgan fingerprint density at radius 3 is 2.67 bits per heavy atom. The zero-order chi connectivity index (χ0) is 13.3. The Morgan fingerprint density at radius 1 is 1.50 bits per heavy atom. The van der Waals surface area contributed by atoms with Crippen LogP contribution < -0.4 is 4.90 Å². The number of hydrogen-bond acceptors (Lipinski definition) is 5. The van der Waals surface area contributed by atoms with Crippen LogP contribution in [-0.2, 0) is 15.0 Å². The molecule has 1 saturated heterocycles. The van der Waals surface area contributed by atoms with E-state index in [0.29, 0.717) is 5.69 Å². The van der Waals surface area contributed by atoms with Gasteiger partial charge in [-0.1, -0.05) is 0 Å². The first-order valence-electron chi connectivity index (χ1n) is 5.02. The van der Waals surface area contributed by atoms with Crippen LogP contribution in [0, 0.1) is 11.3 Å². The Hall–Kier alpha value is -2.01. The number of amides is 1. The molecule has 2 rings (SSSR count). The lowest BCUT2D eigenvalue weighted by molar-refractivity contribution is -0.117. The molecule has 0 bridgehead atoms. The summed E-state index contributed by atoms with van der Waals surface area (Å²) in [5.74, 6) is -0.479. The maximum absolute atomic E-state index is 12.8. The van der Waals surface area contributed by atoms with E-state index in [-0.39, 0.29) is 18.7 Å². The fraction of sp³-hybridized carbons (Fsp3) is 0.300. The maximum atomic E-state index is 12.8. The van der Waals surface area contributed by atoms with Crippen LogP contribution in [0.4, 0.5) is 9.57 Å². The fourth-order valence-electron chi connectivity index (χ4n) is 1.72. The van der Waals surface area contributed by atoms with Gasteiger partial charge in [0.05, 0.1) is 11.9 Å². The highest BCUT2D eigenvalue weighted by atomic mass is 32.3. The molecular formula is C10H8FN3O3S. The number of carbonyl (C=O) groups is 1. The molecule has 18 heavy (non-hydrogen) atoms. The second-order valence-electron chi connectivity index (χ2n) is 3.82. The summed E-state index contributed by atoms with van der Waals surface area (Å²) in [6.07, 6.45) is 0.905.